The second-order valence-electron chi connectivity index (χ2n) is 6.56. The van der Waals surface area contributed by atoms with E-state index in [0.717, 1.165) is 37.5 Å². The molecule has 0 saturated heterocycles. The van der Waals surface area contributed by atoms with E-state index in [1.54, 1.807) is 0 Å². The molecule has 0 aliphatic heterocycles. The number of hydrogen-bond acceptors (Lipinski definition) is 2. The smallest absolute Gasteiger partial charge is 0.0547 e. The van der Waals surface area contributed by atoms with E-state index in [4.69, 9.17) is 4.74 Å². The molecule has 1 rings (SSSR count). The molecule has 0 spiro atoms. The summed E-state index contributed by atoms with van der Waals surface area (Å²) in [5, 5.41) is 3.49. The van der Waals surface area contributed by atoms with Crippen molar-refractivity contribution in [2.24, 2.45) is 17.8 Å². The number of allylic oxidation sites excluding steroid dienone is 2. The van der Waals surface area contributed by atoms with Crippen LogP contribution in [0.4, 0.5) is 0 Å². The molecule has 1 aliphatic carbocycles. The van der Waals surface area contributed by atoms with Crippen LogP contribution in [-0.4, -0.2) is 25.8 Å². The third-order valence-corrected chi connectivity index (χ3v) is 4.03. The van der Waals surface area contributed by atoms with Crippen molar-refractivity contribution in [2.75, 3.05) is 19.7 Å². The summed E-state index contributed by atoms with van der Waals surface area (Å²) in [6, 6.07) is 0. The van der Waals surface area contributed by atoms with Crippen LogP contribution in [0.3, 0.4) is 0 Å². The average Bonchev–Trinajstić information content (AvgIpc) is 2.37. The van der Waals surface area contributed by atoms with E-state index in [9.17, 15) is 0 Å². The van der Waals surface area contributed by atoms with Crippen molar-refractivity contribution in [1.29, 1.82) is 0 Å². The maximum atomic E-state index is 6.02. The van der Waals surface area contributed by atoms with Crippen molar-refractivity contribution in [2.45, 2.75) is 59.5 Å². The Bertz CT molecular complexity index is 250. The van der Waals surface area contributed by atoms with Gasteiger partial charge in [0, 0.05) is 0 Å². The molecule has 3 unspecified atom stereocenters. The molecule has 0 aromatic rings. The first-order valence-corrected chi connectivity index (χ1v) is 8.07. The van der Waals surface area contributed by atoms with E-state index in [-0.39, 0.29) is 0 Å². The van der Waals surface area contributed by atoms with Crippen LogP contribution in [0.5, 0.6) is 0 Å². The monoisotopic (exact) mass is 267 g/mol. The second-order valence-corrected chi connectivity index (χ2v) is 6.56. The zero-order valence-electron chi connectivity index (χ0n) is 13.3. The SMILES string of the molecule is CC(C)CNCCCC(C)OCC1CC=CCC1C. The Morgan fingerprint density at radius 1 is 1.21 bits per heavy atom. The van der Waals surface area contributed by atoms with Gasteiger partial charge in [-0.1, -0.05) is 32.9 Å². The third kappa shape index (κ3) is 7.74. The highest BCUT2D eigenvalue weighted by molar-refractivity contribution is 4.93. The lowest BCUT2D eigenvalue weighted by molar-refractivity contribution is 0.0214. The van der Waals surface area contributed by atoms with Gasteiger partial charge in [0.2, 0.25) is 0 Å². The van der Waals surface area contributed by atoms with Gasteiger partial charge in [0.05, 0.1) is 12.7 Å². The Balaban J connectivity index is 2.01. The van der Waals surface area contributed by atoms with Crippen molar-refractivity contribution < 1.29 is 4.74 Å². The Labute approximate surface area is 120 Å². The number of rotatable bonds is 9. The van der Waals surface area contributed by atoms with Crippen LogP contribution < -0.4 is 5.32 Å². The summed E-state index contributed by atoms with van der Waals surface area (Å²) >= 11 is 0. The molecule has 0 radical (unpaired) electrons. The minimum absolute atomic E-state index is 0.402. The molecule has 1 N–H and O–H groups in total. The summed E-state index contributed by atoms with van der Waals surface area (Å²) < 4.78 is 6.02. The molecular formula is C17H33NO. The van der Waals surface area contributed by atoms with Gasteiger partial charge in [0.1, 0.15) is 0 Å². The number of hydrogen-bond donors (Lipinski definition) is 1. The molecule has 3 atom stereocenters. The van der Waals surface area contributed by atoms with Crippen LogP contribution in [0, 0.1) is 17.8 Å². The van der Waals surface area contributed by atoms with Crippen molar-refractivity contribution in [1.82, 2.24) is 5.32 Å². The molecule has 0 aromatic heterocycles. The van der Waals surface area contributed by atoms with Gasteiger partial charge >= 0.3 is 0 Å². The van der Waals surface area contributed by atoms with Gasteiger partial charge in [-0.05, 0) is 63.5 Å². The molecule has 1 aliphatic rings. The predicted molar refractivity (Wildman–Crippen MR) is 83.4 cm³/mol. The van der Waals surface area contributed by atoms with Gasteiger partial charge in [-0.15, -0.1) is 0 Å². The molecule has 0 aromatic carbocycles. The average molecular weight is 267 g/mol. The minimum Gasteiger partial charge on any atom is -0.378 e. The van der Waals surface area contributed by atoms with Gasteiger partial charge in [-0.2, -0.15) is 0 Å². The second kappa shape index (κ2) is 9.55. The molecule has 2 nitrogen and oxygen atoms in total. The van der Waals surface area contributed by atoms with Gasteiger partial charge in [-0.25, -0.2) is 0 Å². The summed E-state index contributed by atoms with van der Waals surface area (Å²) in [4.78, 5) is 0. The van der Waals surface area contributed by atoms with E-state index < -0.39 is 0 Å². The first kappa shape index (κ1) is 16.7. The molecular weight excluding hydrogens is 234 g/mol. The molecule has 2 heteroatoms. The van der Waals surface area contributed by atoms with Gasteiger partial charge in [-0.3, -0.25) is 0 Å². The summed E-state index contributed by atoms with van der Waals surface area (Å²) in [6.07, 6.45) is 9.83. The normalized spacial score (nSPS) is 24.9. The van der Waals surface area contributed by atoms with Gasteiger partial charge in [0.15, 0.2) is 0 Å². The van der Waals surface area contributed by atoms with Crippen molar-refractivity contribution in [3.63, 3.8) is 0 Å². The molecule has 0 saturated carbocycles. The van der Waals surface area contributed by atoms with Crippen molar-refractivity contribution >= 4 is 0 Å². The lowest BCUT2D eigenvalue weighted by Crippen LogP contribution is -2.24. The first-order valence-electron chi connectivity index (χ1n) is 8.07. The maximum Gasteiger partial charge on any atom is 0.0547 e. The number of ether oxygens (including phenoxy) is 1. The van der Waals surface area contributed by atoms with Crippen LogP contribution in [0.1, 0.15) is 53.4 Å². The summed E-state index contributed by atoms with van der Waals surface area (Å²) in [6.45, 7) is 12.2. The maximum absolute atomic E-state index is 6.02. The van der Waals surface area contributed by atoms with E-state index in [0.29, 0.717) is 6.10 Å². The Hall–Kier alpha value is -0.340. The van der Waals surface area contributed by atoms with Gasteiger partial charge < -0.3 is 10.1 Å². The lowest BCUT2D eigenvalue weighted by atomic mass is 9.85. The lowest BCUT2D eigenvalue weighted by Gasteiger charge is -2.26. The molecule has 0 fully saturated rings. The van der Waals surface area contributed by atoms with Crippen LogP contribution in [0.15, 0.2) is 12.2 Å². The fourth-order valence-electron chi connectivity index (χ4n) is 2.52. The number of nitrogens with one attached hydrogen (secondary N) is 1. The van der Waals surface area contributed by atoms with Crippen LogP contribution >= 0.6 is 0 Å². The fourth-order valence-corrected chi connectivity index (χ4v) is 2.52. The van der Waals surface area contributed by atoms with Gasteiger partial charge in [0.25, 0.3) is 0 Å². The standard InChI is InChI=1S/C17H33NO/c1-14(2)12-18-11-7-9-16(4)19-13-17-10-6-5-8-15(17)3/h5-6,14-18H,7-13H2,1-4H3. The highest BCUT2D eigenvalue weighted by Gasteiger charge is 2.19. The van der Waals surface area contributed by atoms with Crippen molar-refractivity contribution in [3.8, 4) is 0 Å². The molecule has 0 amide bonds. The Morgan fingerprint density at radius 3 is 2.63 bits per heavy atom. The quantitative estimate of drug-likeness (QED) is 0.503. The highest BCUT2D eigenvalue weighted by Crippen LogP contribution is 2.25. The minimum atomic E-state index is 0.402. The molecule has 0 heterocycles. The Morgan fingerprint density at radius 2 is 1.95 bits per heavy atom. The van der Waals surface area contributed by atoms with Crippen LogP contribution in [0.2, 0.25) is 0 Å². The topological polar surface area (TPSA) is 21.3 Å². The predicted octanol–water partition coefficient (Wildman–Crippen LogP) is 4.02. The van der Waals surface area contributed by atoms with Crippen LogP contribution in [0.25, 0.3) is 0 Å². The van der Waals surface area contributed by atoms with Crippen molar-refractivity contribution in [3.05, 3.63) is 12.2 Å². The zero-order chi connectivity index (χ0) is 14.1. The molecule has 19 heavy (non-hydrogen) atoms. The zero-order valence-corrected chi connectivity index (χ0v) is 13.3. The van der Waals surface area contributed by atoms with Crippen LogP contribution in [-0.2, 0) is 4.74 Å². The highest BCUT2D eigenvalue weighted by atomic mass is 16.5. The van der Waals surface area contributed by atoms with E-state index in [1.165, 1.54) is 25.7 Å². The fraction of sp³-hybridized carbons (Fsp3) is 0.882. The molecule has 112 valence electrons. The van der Waals surface area contributed by atoms with E-state index in [2.05, 4.69) is 45.2 Å². The summed E-state index contributed by atoms with van der Waals surface area (Å²) in [7, 11) is 0. The summed E-state index contributed by atoms with van der Waals surface area (Å²) in [5.41, 5.74) is 0. The molecule has 0 bridgehead atoms. The van der Waals surface area contributed by atoms with E-state index in [1.807, 2.05) is 0 Å². The first-order chi connectivity index (χ1) is 9.09. The third-order valence-electron chi connectivity index (χ3n) is 4.03. The van der Waals surface area contributed by atoms with E-state index >= 15 is 0 Å². The largest absolute Gasteiger partial charge is 0.378 e. The summed E-state index contributed by atoms with van der Waals surface area (Å²) in [5.74, 6) is 2.26. The Kier molecular flexibility index (Phi) is 8.40.